The van der Waals surface area contributed by atoms with Crippen LogP contribution in [-0.4, -0.2) is 98.1 Å². The average molecular weight is 692 g/mol. The van der Waals surface area contributed by atoms with Crippen molar-refractivity contribution >= 4 is 27.6 Å². The lowest BCUT2D eigenvalue weighted by Gasteiger charge is -2.36. The summed E-state index contributed by atoms with van der Waals surface area (Å²) >= 11 is 0. The predicted molar refractivity (Wildman–Crippen MR) is 182 cm³/mol. The Labute approximate surface area is 284 Å². The van der Waals surface area contributed by atoms with Gasteiger partial charge >= 0.3 is 6.03 Å². The Morgan fingerprint density at radius 2 is 1.83 bits per heavy atom. The number of aliphatic hydroxyl groups excluding tert-OH is 1. The fraction of sp³-hybridized carbons (Fsp3) is 0.676. The summed E-state index contributed by atoms with van der Waals surface area (Å²) in [6, 6.07) is 4.08. The van der Waals surface area contributed by atoms with Crippen molar-refractivity contribution in [3.05, 3.63) is 35.2 Å². The fourth-order valence-corrected chi connectivity index (χ4v) is 7.78. The molecule has 1 fully saturated rings. The van der Waals surface area contributed by atoms with E-state index in [1.807, 2.05) is 13.8 Å². The van der Waals surface area contributed by atoms with Gasteiger partial charge in [0, 0.05) is 44.4 Å². The first kappa shape index (κ1) is 37.5. The Bertz CT molecular complexity index is 1470. The molecular formula is C34H53N5O8S. The molecule has 1 aliphatic heterocycles. The van der Waals surface area contributed by atoms with Crippen molar-refractivity contribution in [2.24, 2.45) is 5.92 Å². The molecule has 1 aromatic heterocycles. The molecule has 0 spiro atoms. The predicted octanol–water partition coefficient (Wildman–Crippen LogP) is 4.86. The van der Waals surface area contributed by atoms with E-state index < -0.39 is 22.0 Å². The Hall–Kier alpha value is -3.36. The Balaban J connectivity index is 1.62. The molecule has 3 N–H and O–H groups in total. The summed E-state index contributed by atoms with van der Waals surface area (Å²) in [5, 5.41) is 17.2. The molecule has 2 aromatic rings. The molecule has 1 aliphatic carbocycles. The number of fused-ring (bicyclic) bond motifs is 1. The van der Waals surface area contributed by atoms with Crippen LogP contribution in [0.2, 0.25) is 0 Å². The van der Waals surface area contributed by atoms with Gasteiger partial charge in [-0.3, -0.25) is 9.52 Å². The van der Waals surface area contributed by atoms with Crippen molar-refractivity contribution in [2.75, 3.05) is 38.1 Å². The van der Waals surface area contributed by atoms with Gasteiger partial charge in [-0.2, -0.15) is 0 Å². The van der Waals surface area contributed by atoms with E-state index in [4.69, 9.17) is 14.0 Å². The lowest BCUT2D eigenvalue weighted by atomic mass is 9.96. The van der Waals surface area contributed by atoms with Crippen LogP contribution in [0.25, 0.3) is 0 Å². The zero-order valence-corrected chi connectivity index (χ0v) is 30.0. The van der Waals surface area contributed by atoms with Crippen LogP contribution in [0, 0.1) is 19.8 Å². The molecule has 2 aliphatic rings. The van der Waals surface area contributed by atoms with Crippen molar-refractivity contribution in [3.63, 3.8) is 0 Å². The van der Waals surface area contributed by atoms with Crippen LogP contribution in [0.1, 0.15) is 93.9 Å². The lowest BCUT2D eigenvalue weighted by Crippen LogP contribution is -2.50. The molecule has 268 valence electrons. The number of likely N-dealkylation sites (N-methyl/N-ethyl adjacent to an activating group) is 1. The standard InChI is InChI=1S/C34H53N5O8S/c1-22-19-39(23(2)21-40)33(41)29-18-28(37-48(43,44)32-25(4)36-47-26(32)5)15-16-30(29)46-24(3)12-10-11-17-45-31(22)20-38(6)34(42)35-27-13-8-7-9-14-27/h15-16,18,22-24,27,31,37,40H,7-14,17,19-21H2,1-6H3,(H,35,42)/t22-,23+,24+,31+/m0/s1. The number of urea groups is 1. The van der Waals surface area contributed by atoms with Gasteiger partial charge < -0.3 is 34.2 Å². The van der Waals surface area contributed by atoms with Gasteiger partial charge in [0.15, 0.2) is 10.7 Å². The number of nitrogens with one attached hydrogen (secondary N) is 2. The van der Waals surface area contributed by atoms with Crippen LogP contribution >= 0.6 is 0 Å². The first-order valence-corrected chi connectivity index (χ1v) is 18.6. The molecule has 1 aromatic carbocycles. The Morgan fingerprint density at radius 1 is 1.12 bits per heavy atom. The van der Waals surface area contributed by atoms with Crippen LogP contribution in [-0.2, 0) is 14.8 Å². The molecule has 4 rings (SSSR count). The maximum atomic E-state index is 14.4. The number of aromatic nitrogens is 1. The van der Waals surface area contributed by atoms with Crippen molar-refractivity contribution < 1.29 is 37.1 Å². The highest BCUT2D eigenvalue weighted by Gasteiger charge is 2.32. The summed E-state index contributed by atoms with van der Waals surface area (Å²) < 4.78 is 46.9. The van der Waals surface area contributed by atoms with E-state index in [-0.39, 0.29) is 71.0 Å². The number of hydrogen-bond donors (Lipinski definition) is 3. The van der Waals surface area contributed by atoms with Crippen LogP contribution < -0.4 is 14.8 Å². The number of hydrogen-bond acceptors (Lipinski definition) is 9. The fourth-order valence-electron chi connectivity index (χ4n) is 6.40. The molecule has 13 nitrogen and oxygen atoms in total. The largest absolute Gasteiger partial charge is 0.490 e. The number of ether oxygens (including phenoxy) is 2. The van der Waals surface area contributed by atoms with E-state index in [1.54, 1.807) is 42.8 Å². The van der Waals surface area contributed by atoms with Gasteiger partial charge in [0.1, 0.15) is 11.4 Å². The molecule has 3 amide bonds. The number of carbonyl (C=O) groups is 2. The van der Waals surface area contributed by atoms with Crippen molar-refractivity contribution in [1.29, 1.82) is 0 Å². The van der Waals surface area contributed by atoms with Crippen LogP contribution in [0.15, 0.2) is 27.6 Å². The molecule has 48 heavy (non-hydrogen) atoms. The third kappa shape index (κ3) is 9.63. The quantitative estimate of drug-likeness (QED) is 0.351. The first-order chi connectivity index (χ1) is 22.8. The number of aryl methyl sites for hydroxylation is 2. The molecular weight excluding hydrogens is 638 g/mol. The number of anilines is 1. The first-order valence-electron chi connectivity index (χ1n) is 17.1. The molecule has 0 radical (unpaired) electrons. The smallest absolute Gasteiger partial charge is 0.317 e. The Kier molecular flexibility index (Phi) is 13.1. The average Bonchev–Trinajstić information content (AvgIpc) is 3.40. The van der Waals surface area contributed by atoms with E-state index in [2.05, 4.69) is 15.2 Å². The zero-order chi connectivity index (χ0) is 35.0. The van der Waals surface area contributed by atoms with Crippen LogP contribution in [0.5, 0.6) is 5.75 Å². The number of benzene rings is 1. The van der Waals surface area contributed by atoms with E-state index in [0.717, 1.165) is 38.5 Å². The van der Waals surface area contributed by atoms with Gasteiger partial charge in [-0.15, -0.1) is 0 Å². The van der Waals surface area contributed by atoms with E-state index >= 15 is 0 Å². The summed E-state index contributed by atoms with van der Waals surface area (Å²) in [5.41, 5.74) is 0.542. The summed E-state index contributed by atoms with van der Waals surface area (Å²) in [7, 11) is -2.32. The maximum absolute atomic E-state index is 14.4. The third-order valence-corrected chi connectivity index (χ3v) is 10.9. The van der Waals surface area contributed by atoms with Crippen LogP contribution in [0.3, 0.4) is 0 Å². The SMILES string of the molecule is Cc1noc(C)c1S(=O)(=O)Nc1ccc2c(c1)C(=O)N([C@H](C)CO)C[C@H](C)[C@@H](CN(C)C(=O)NC1CCCCC1)OCCCC[C@@H](C)O2. The third-order valence-electron chi connectivity index (χ3n) is 9.27. The topological polar surface area (TPSA) is 164 Å². The second kappa shape index (κ2) is 16.8. The summed E-state index contributed by atoms with van der Waals surface area (Å²) in [6.07, 6.45) is 7.11. The zero-order valence-electron chi connectivity index (χ0n) is 29.2. The number of carbonyl (C=O) groups excluding carboxylic acids is 2. The van der Waals surface area contributed by atoms with Crippen LogP contribution in [0.4, 0.5) is 10.5 Å². The van der Waals surface area contributed by atoms with Crippen molar-refractivity contribution in [1.82, 2.24) is 20.3 Å². The number of amides is 3. The van der Waals surface area contributed by atoms with Gasteiger partial charge in [0.05, 0.1) is 30.4 Å². The van der Waals surface area contributed by atoms with Crippen molar-refractivity contribution in [2.45, 2.75) is 115 Å². The molecule has 2 heterocycles. The summed E-state index contributed by atoms with van der Waals surface area (Å²) in [5.74, 6) is -0.180. The van der Waals surface area contributed by atoms with Gasteiger partial charge in [-0.05, 0) is 78.0 Å². The monoisotopic (exact) mass is 691 g/mol. The molecule has 0 saturated heterocycles. The highest BCUT2D eigenvalue weighted by molar-refractivity contribution is 7.92. The van der Waals surface area contributed by atoms with E-state index in [1.165, 1.54) is 19.4 Å². The minimum atomic E-state index is -4.08. The second-order valence-corrected chi connectivity index (χ2v) is 15.1. The molecule has 4 atom stereocenters. The Morgan fingerprint density at radius 3 is 2.50 bits per heavy atom. The molecule has 0 bridgehead atoms. The lowest BCUT2D eigenvalue weighted by molar-refractivity contribution is -0.0123. The minimum Gasteiger partial charge on any atom is -0.490 e. The molecule has 0 unspecified atom stereocenters. The summed E-state index contributed by atoms with van der Waals surface area (Å²) in [4.78, 5) is 30.7. The van der Waals surface area contributed by atoms with E-state index in [9.17, 15) is 23.1 Å². The second-order valence-electron chi connectivity index (χ2n) is 13.4. The van der Waals surface area contributed by atoms with E-state index in [0.29, 0.717) is 25.3 Å². The van der Waals surface area contributed by atoms with Crippen molar-refractivity contribution in [3.8, 4) is 5.75 Å². The number of nitrogens with zero attached hydrogens (tertiary/aromatic N) is 3. The van der Waals surface area contributed by atoms with Gasteiger partial charge in [0.25, 0.3) is 15.9 Å². The van der Waals surface area contributed by atoms with Gasteiger partial charge in [0.2, 0.25) is 0 Å². The molecule has 14 heteroatoms. The van der Waals surface area contributed by atoms with Gasteiger partial charge in [-0.25, -0.2) is 13.2 Å². The molecule has 1 saturated carbocycles. The number of sulfonamides is 1. The normalized spacial score (nSPS) is 22.6. The van der Waals surface area contributed by atoms with Gasteiger partial charge in [-0.1, -0.05) is 31.3 Å². The highest BCUT2D eigenvalue weighted by atomic mass is 32.2. The number of aliphatic hydroxyl groups is 1. The summed E-state index contributed by atoms with van der Waals surface area (Å²) in [6.45, 7) is 9.46. The number of rotatable bonds is 8. The highest BCUT2D eigenvalue weighted by Crippen LogP contribution is 2.30. The maximum Gasteiger partial charge on any atom is 0.317 e. The minimum absolute atomic E-state index is 0.0634.